The molecule has 1 aliphatic rings. The number of aromatic nitrogens is 4. The Kier molecular flexibility index (Phi) is 3.05. The molecule has 2 aromatic rings. The van der Waals surface area contributed by atoms with Crippen LogP contribution in [-0.2, 0) is 4.74 Å². The second kappa shape index (κ2) is 4.60. The molecule has 0 spiro atoms. The van der Waals surface area contributed by atoms with Gasteiger partial charge in [-0.1, -0.05) is 12.2 Å². The fourth-order valence-electron chi connectivity index (χ4n) is 2.15. The van der Waals surface area contributed by atoms with E-state index in [1.54, 1.807) is 0 Å². The van der Waals surface area contributed by atoms with E-state index in [0.29, 0.717) is 15.8 Å². The number of hydrogen-bond acceptors (Lipinski definition) is 6. The van der Waals surface area contributed by atoms with Gasteiger partial charge in [-0.2, -0.15) is 0 Å². The van der Waals surface area contributed by atoms with Gasteiger partial charge in [-0.25, -0.2) is 14.4 Å². The van der Waals surface area contributed by atoms with Gasteiger partial charge in [0.1, 0.15) is 23.4 Å². The zero-order valence-electron chi connectivity index (χ0n) is 9.60. The Morgan fingerprint density at radius 3 is 3.00 bits per heavy atom. The standard InChI is InChI=1S/C10H11FN4O3S/c11-5-4(1-16)18-10(7(5)17)15-3-14-6-8(15)12-2-13-9(6)19/h2-5,7,10,16-17H,1H2,(H,12,13,19)/t4-,5-,7-,10-/m1/s1. The van der Waals surface area contributed by atoms with Gasteiger partial charge in [0.15, 0.2) is 17.0 Å². The summed E-state index contributed by atoms with van der Waals surface area (Å²) in [4.78, 5) is 10.8. The first-order valence-corrected chi connectivity index (χ1v) is 6.03. The molecule has 1 saturated heterocycles. The summed E-state index contributed by atoms with van der Waals surface area (Å²) >= 11 is 5.02. The lowest BCUT2D eigenvalue weighted by molar-refractivity contribution is -0.0495. The third-order valence-electron chi connectivity index (χ3n) is 3.12. The normalized spacial score (nSPS) is 31.1. The van der Waals surface area contributed by atoms with Gasteiger partial charge in [0.05, 0.1) is 19.3 Å². The molecule has 0 aromatic carbocycles. The summed E-state index contributed by atoms with van der Waals surface area (Å²) in [7, 11) is 0. The second-order valence-electron chi connectivity index (χ2n) is 4.24. The number of hydrogen-bond donors (Lipinski definition) is 3. The lowest BCUT2D eigenvalue weighted by Crippen LogP contribution is -2.29. The van der Waals surface area contributed by atoms with Crippen LogP contribution in [0.2, 0.25) is 0 Å². The maximum atomic E-state index is 13.7. The molecule has 1 aliphatic heterocycles. The Bertz CT molecular complexity index is 660. The fraction of sp³-hybridized carbons (Fsp3) is 0.500. The van der Waals surface area contributed by atoms with Crippen molar-refractivity contribution >= 4 is 23.4 Å². The highest BCUT2D eigenvalue weighted by Crippen LogP contribution is 2.32. The highest BCUT2D eigenvalue weighted by Gasteiger charge is 2.45. The van der Waals surface area contributed by atoms with Crippen molar-refractivity contribution in [1.29, 1.82) is 0 Å². The molecular formula is C10H11FN4O3S. The number of H-pyrrole nitrogens is 1. The number of aromatic amines is 1. The van der Waals surface area contributed by atoms with Crippen LogP contribution >= 0.6 is 12.2 Å². The zero-order chi connectivity index (χ0) is 13.6. The molecule has 9 heteroatoms. The van der Waals surface area contributed by atoms with Crippen molar-refractivity contribution in [3.8, 4) is 0 Å². The zero-order valence-corrected chi connectivity index (χ0v) is 10.4. The van der Waals surface area contributed by atoms with E-state index in [1.807, 2.05) is 0 Å². The number of fused-ring (bicyclic) bond motifs is 1. The highest BCUT2D eigenvalue weighted by atomic mass is 32.1. The van der Waals surface area contributed by atoms with Crippen molar-refractivity contribution in [3.05, 3.63) is 17.3 Å². The van der Waals surface area contributed by atoms with Crippen LogP contribution in [0.25, 0.3) is 11.2 Å². The fourth-order valence-corrected chi connectivity index (χ4v) is 2.35. The number of halogens is 1. The lowest BCUT2D eigenvalue weighted by Gasteiger charge is -2.16. The first kappa shape index (κ1) is 12.6. The summed E-state index contributed by atoms with van der Waals surface area (Å²) < 4.78 is 20.7. The first-order chi connectivity index (χ1) is 9.13. The molecule has 0 bridgehead atoms. The van der Waals surface area contributed by atoms with Crippen LogP contribution in [0.3, 0.4) is 0 Å². The average molecular weight is 286 g/mol. The number of imidazole rings is 1. The minimum absolute atomic E-state index is 0.301. The van der Waals surface area contributed by atoms with Crippen LogP contribution in [0.1, 0.15) is 6.23 Å². The van der Waals surface area contributed by atoms with Crippen LogP contribution in [0.5, 0.6) is 0 Å². The number of nitrogens with zero attached hydrogens (tertiary/aromatic N) is 3. The van der Waals surface area contributed by atoms with Gasteiger partial charge >= 0.3 is 0 Å². The molecule has 3 N–H and O–H groups in total. The molecule has 3 rings (SSSR count). The minimum Gasteiger partial charge on any atom is -0.394 e. The number of alkyl halides is 1. The van der Waals surface area contributed by atoms with Crippen molar-refractivity contribution in [3.63, 3.8) is 0 Å². The summed E-state index contributed by atoms with van der Waals surface area (Å²) in [5.74, 6) is 0. The number of nitrogens with one attached hydrogen (secondary N) is 1. The van der Waals surface area contributed by atoms with Gasteiger partial charge in [-0.3, -0.25) is 4.57 Å². The molecule has 0 radical (unpaired) electrons. The third-order valence-corrected chi connectivity index (χ3v) is 3.42. The third kappa shape index (κ3) is 1.86. The molecule has 0 unspecified atom stereocenters. The Morgan fingerprint density at radius 1 is 1.53 bits per heavy atom. The van der Waals surface area contributed by atoms with Crippen LogP contribution in [0, 0.1) is 4.64 Å². The molecule has 4 atom stereocenters. The molecule has 0 aliphatic carbocycles. The number of aliphatic hydroxyl groups excluding tert-OH is 2. The molecule has 1 fully saturated rings. The molecule has 3 heterocycles. The van der Waals surface area contributed by atoms with E-state index in [9.17, 15) is 9.50 Å². The van der Waals surface area contributed by atoms with Crippen molar-refractivity contribution in [2.75, 3.05) is 6.61 Å². The second-order valence-corrected chi connectivity index (χ2v) is 4.63. The van der Waals surface area contributed by atoms with Gasteiger partial charge in [0.2, 0.25) is 0 Å². The van der Waals surface area contributed by atoms with Crippen molar-refractivity contribution in [2.24, 2.45) is 0 Å². The van der Waals surface area contributed by atoms with Crippen LogP contribution < -0.4 is 0 Å². The topological polar surface area (TPSA) is 96.2 Å². The van der Waals surface area contributed by atoms with E-state index in [0.717, 1.165) is 0 Å². The van der Waals surface area contributed by atoms with E-state index in [1.165, 1.54) is 17.2 Å². The monoisotopic (exact) mass is 286 g/mol. The predicted molar refractivity (Wildman–Crippen MR) is 64.6 cm³/mol. The van der Waals surface area contributed by atoms with Crippen LogP contribution in [0.15, 0.2) is 12.7 Å². The largest absolute Gasteiger partial charge is 0.394 e. The molecule has 7 nitrogen and oxygen atoms in total. The molecule has 2 aromatic heterocycles. The summed E-state index contributed by atoms with van der Waals surface area (Å²) in [5, 5.41) is 18.8. The Balaban J connectivity index is 2.06. The van der Waals surface area contributed by atoms with Gasteiger partial charge in [0.25, 0.3) is 0 Å². The number of rotatable bonds is 2. The smallest absolute Gasteiger partial charge is 0.166 e. The summed E-state index contributed by atoms with van der Waals surface area (Å²) in [6, 6.07) is 0. The van der Waals surface area contributed by atoms with E-state index in [4.69, 9.17) is 22.1 Å². The van der Waals surface area contributed by atoms with Crippen molar-refractivity contribution in [2.45, 2.75) is 24.6 Å². The van der Waals surface area contributed by atoms with Gasteiger partial charge in [-0.15, -0.1) is 0 Å². The first-order valence-electron chi connectivity index (χ1n) is 5.62. The van der Waals surface area contributed by atoms with E-state index < -0.39 is 31.2 Å². The van der Waals surface area contributed by atoms with Crippen molar-refractivity contribution in [1.82, 2.24) is 19.5 Å². The maximum absolute atomic E-state index is 13.7. The van der Waals surface area contributed by atoms with E-state index in [-0.39, 0.29) is 0 Å². The van der Waals surface area contributed by atoms with Crippen LogP contribution in [0.4, 0.5) is 4.39 Å². The summed E-state index contributed by atoms with van der Waals surface area (Å²) in [6.07, 6.45) is -2.28. The van der Waals surface area contributed by atoms with Gasteiger partial charge in [0, 0.05) is 0 Å². The Hall–Kier alpha value is -1.42. The SMILES string of the molecule is OC[C@H]1O[C@@H](n2cnc3c(=S)nc[nH]c32)[C@H](O)[C@@H]1F. The summed E-state index contributed by atoms with van der Waals surface area (Å²) in [6.45, 7) is -0.501. The minimum atomic E-state index is -1.66. The van der Waals surface area contributed by atoms with Crippen LogP contribution in [-0.4, -0.2) is 54.7 Å². The summed E-state index contributed by atoms with van der Waals surface area (Å²) in [5.41, 5.74) is 0.922. The number of aliphatic hydroxyl groups is 2. The van der Waals surface area contributed by atoms with Crippen molar-refractivity contribution < 1.29 is 19.3 Å². The predicted octanol–water partition coefficient (Wildman–Crippen LogP) is 0.0776. The molecular weight excluding hydrogens is 275 g/mol. The molecule has 0 amide bonds. The molecule has 19 heavy (non-hydrogen) atoms. The van der Waals surface area contributed by atoms with E-state index >= 15 is 0 Å². The van der Waals surface area contributed by atoms with Gasteiger partial charge in [-0.05, 0) is 0 Å². The average Bonchev–Trinajstić information content (AvgIpc) is 2.94. The Labute approximate surface area is 111 Å². The Morgan fingerprint density at radius 2 is 2.32 bits per heavy atom. The molecule has 102 valence electrons. The van der Waals surface area contributed by atoms with Gasteiger partial charge < -0.3 is 19.9 Å². The highest BCUT2D eigenvalue weighted by molar-refractivity contribution is 7.71. The lowest BCUT2D eigenvalue weighted by atomic mass is 10.1. The molecule has 0 saturated carbocycles. The quantitative estimate of drug-likeness (QED) is 0.677. The maximum Gasteiger partial charge on any atom is 0.166 e. The van der Waals surface area contributed by atoms with E-state index in [2.05, 4.69) is 15.0 Å². The number of ether oxygens (including phenoxy) is 1.